The highest BCUT2D eigenvalue weighted by Gasteiger charge is 2.28. The lowest BCUT2D eigenvalue weighted by atomic mass is 9.98. The summed E-state index contributed by atoms with van der Waals surface area (Å²) >= 11 is 0. The number of nitrogens with one attached hydrogen (secondary N) is 2. The Hall–Kier alpha value is -2.39. The summed E-state index contributed by atoms with van der Waals surface area (Å²) in [5.41, 5.74) is 5.38. The molecule has 0 unspecified atom stereocenters. The molecule has 0 aliphatic rings. The normalized spacial score (nSPS) is 13.1. The Morgan fingerprint density at radius 3 is 2.70 bits per heavy atom. The van der Waals surface area contributed by atoms with Gasteiger partial charge in [-0.25, -0.2) is 0 Å². The summed E-state index contributed by atoms with van der Waals surface area (Å²) in [5.74, 6) is -0.805. The molecule has 0 spiro atoms. The average molecular weight is 274 g/mol. The Bertz CT molecular complexity index is 550. The van der Waals surface area contributed by atoms with Crippen molar-refractivity contribution in [1.29, 1.82) is 5.26 Å². The van der Waals surface area contributed by atoms with Gasteiger partial charge in [0, 0.05) is 5.69 Å². The van der Waals surface area contributed by atoms with E-state index in [1.807, 2.05) is 13.0 Å². The number of amides is 2. The largest absolute Gasteiger partial charge is 0.368 e. The molecule has 0 aliphatic heterocycles. The molecule has 0 fully saturated rings. The lowest BCUT2D eigenvalue weighted by Crippen LogP contribution is -2.54. The van der Waals surface area contributed by atoms with Crippen LogP contribution in [0.15, 0.2) is 24.3 Å². The molecule has 0 saturated heterocycles. The Kier molecular flexibility index (Phi) is 5.23. The second-order valence-electron chi connectivity index (χ2n) is 4.64. The minimum atomic E-state index is -0.911. The molecule has 1 atom stereocenters. The second-order valence-corrected chi connectivity index (χ2v) is 4.64. The molecule has 0 aromatic heterocycles. The topological polar surface area (TPSA) is 108 Å². The predicted octanol–water partition coefficient (Wildman–Crippen LogP) is 0.740. The van der Waals surface area contributed by atoms with E-state index in [0.717, 1.165) is 0 Å². The van der Waals surface area contributed by atoms with E-state index in [9.17, 15) is 9.59 Å². The van der Waals surface area contributed by atoms with Gasteiger partial charge in [-0.05, 0) is 31.5 Å². The van der Waals surface area contributed by atoms with Gasteiger partial charge in [0.15, 0.2) is 0 Å². The van der Waals surface area contributed by atoms with Gasteiger partial charge in [0.1, 0.15) is 0 Å². The lowest BCUT2D eigenvalue weighted by molar-refractivity contribution is -0.124. The van der Waals surface area contributed by atoms with Crippen LogP contribution in [0, 0.1) is 11.3 Å². The fraction of sp³-hybridized carbons (Fsp3) is 0.357. The van der Waals surface area contributed by atoms with E-state index in [1.165, 1.54) is 0 Å². The molecule has 1 aromatic rings. The van der Waals surface area contributed by atoms with E-state index in [-0.39, 0.29) is 12.5 Å². The van der Waals surface area contributed by atoms with Gasteiger partial charge in [-0.15, -0.1) is 0 Å². The van der Waals surface area contributed by atoms with E-state index in [0.29, 0.717) is 17.7 Å². The number of carbonyl (C=O) groups is 2. The number of rotatable bonds is 6. The highest BCUT2D eigenvalue weighted by atomic mass is 16.2. The molecule has 0 radical (unpaired) electrons. The number of hydrogen-bond acceptors (Lipinski definition) is 4. The van der Waals surface area contributed by atoms with Crippen molar-refractivity contribution in [2.75, 3.05) is 11.9 Å². The molecule has 106 valence electrons. The van der Waals surface area contributed by atoms with E-state index in [1.54, 1.807) is 31.2 Å². The molecule has 1 rings (SSSR count). The first-order chi connectivity index (χ1) is 9.41. The minimum absolute atomic E-state index is 0.0376. The van der Waals surface area contributed by atoms with Crippen LogP contribution in [0.4, 0.5) is 5.69 Å². The van der Waals surface area contributed by atoms with Crippen LogP contribution in [-0.2, 0) is 9.59 Å². The maximum absolute atomic E-state index is 11.8. The summed E-state index contributed by atoms with van der Waals surface area (Å²) in [6.45, 7) is 3.43. The minimum Gasteiger partial charge on any atom is -0.368 e. The number of nitrogens with two attached hydrogens (primary N) is 1. The maximum Gasteiger partial charge on any atom is 0.238 e. The van der Waals surface area contributed by atoms with Crippen molar-refractivity contribution in [3.63, 3.8) is 0 Å². The molecule has 6 heteroatoms. The van der Waals surface area contributed by atoms with Crippen LogP contribution >= 0.6 is 0 Å². The van der Waals surface area contributed by atoms with Gasteiger partial charge in [-0.2, -0.15) is 5.26 Å². The van der Waals surface area contributed by atoms with Crippen molar-refractivity contribution in [3.05, 3.63) is 29.8 Å². The van der Waals surface area contributed by atoms with Gasteiger partial charge in [0.2, 0.25) is 11.8 Å². The lowest BCUT2D eigenvalue weighted by Gasteiger charge is -2.25. The molecule has 0 heterocycles. The zero-order chi connectivity index (χ0) is 15.2. The van der Waals surface area contributed by atoms with E-state index < -0.39 is 11.4 Å². The van der Waals surface area contributed by atoms with Gasteiger partial charge in [0.05, 0.1) is 23.7 Å². The molecule has 1 aromatic carbocycles. The first-order valence-corrected chi connectivity index (χ1v) is 6.26. The average Bonchev–Trinajstić information content (AvgIpc) is 2.44. The monoisotopic (exact) mass is 274 g/mol. The number of hydrogen-bond donors (Lipinski definition) is 3. The first-order valence-electron chi connectivity index (χ1n) is 6.26. The summed E-state index contributed by atoms with van der Waals surface area (Å²) in [6.07, 6.45) is 0.486. The van der Waals surface area contributed by atoms with Gasteiger partial charge < -0.3 is 11.1 Å². The number of nitrogens with zero attached hydrogens (tertiary/aromatic N) is 1. The molecule has 4 N–H and O–H groups in total. The summed E-state index contributed by atoms with van der Waals surface area (Å²) in [6, 6.07) is 8.58. The number of anilines is 1. The standard InChI is InChI=1S/C14H18N4O2/c1-3-14(2,13(16)20)17-9-12(19)18-11-6-4-5-10(7-11)8-15/h4-7,17H,3,9H2,1-2H3,(H2,16,20)(H,18,19)/t14-/m1/s1. The predicted molar refractivity (Wildman–Crippen MR) is 75.7 cm³/mol. The number of carbonyl (C=O) groups excluding carboxylic acids is 2. The summed E-state index contributed by atoms with van der Waals surface area (Å²) in [4.78, 5) is 23.1. The van der Waals surface area contributed by atoms with Crippen LogP contribution in [0.2, 0.25) is 0 Å². The van der Waals surface area contributed by atoms with Crippen LogP contribution in [-0.4, -0.2) is 23.9 Å². The Labute approximate surface area is 118 Å². The molecule has 6 nitrogen and oxygen atoms in total. The summed E-state index contributed by atoms with van der Waals surface area (Å²) in [7, 11) is 0. The van der Waals surface area contributed by atoms with Gasteiger partial charge in [-0.3, -0.25) is 14.9 Å². The second kappa shape index (κ2) is 6.68. The smallest absolute Gasteiger partial charge is 0.238 e. The highest BCUT2D eigenvalue weighted by molar-refractivity contribution is 5.93. The number of nitriles is 1. The Morgan fingerprint density at radius 2 is 2.15 bits per heavy atom. The molecule has 0 saturated carbocycles. The third-order valence-electron chi connectivity index (χ3n) is 3.17. The third kappa shape index (κ3) is 4.07. The molecule has 20 heavy (non-hydrogen) atoms. The quantitative estimate of drug-likeness (QED) is 0.711. The van der Waals surface area contributed by atoms with Gasteiger partial charge >= 0.3 is 0 Å². The van der Waals surface area contributed by atoms with Crippen molar-refractivity contribution >= 4 is 17.5 Å². The highest BCUT2D eigenvalue weighted by Crippen LogP contribution is 2.10. The maximum atomic E-state index is 11.8. The molecular formula is C14H18N4O2. The SMILES string of the molecule is CC[C@@](C)(NCC(=O)Nc1cccc(C#N)c1)C(N)=O. The molecule has 2 amide bonds. The van der Waals surface area contributed by atoms with E-state index >= 15 is 0 Å². The summed E-state index contributed by atoms with van der Waals surface area (Å²) < 4.78 is 0. The van der Waals surface area contributed by atoms with Gasteiger partial charge in [-0.1, -0.05) is 13.0 Å². The van der Waals surface area contributed by atoms with Crippen molar-refractivity contribution in [1.82, 2.24) is 5.32 Å². The van der Waals surface area contributed by atoms with Crippen molar-refractivity contribution in [3.8, 4) is 6.07 Å². The van der Waals surface area contributed by atoms with Crippen molar-refractivity contribution < 1.29 is 9.59 Å². The van der Waals surface area contributed by atoms with Crippen LogP contribution in [0.5, 0.6) is 0 Å². The molecule has 0 aliphatic carbocycles. The van der Waals surface area contributed by atoms with Crippen LogP contribution < -0.4 is 16.4 Å². The van der Waals surface area contributed by atoms with Crippen LogP contribution in [0.25, 0.3) is 0 Å². The van der Waals surface area contributed by atoms with Crippen molar-refractivity contribution in [2.24, 2.45) is 5.73 Å². The number of benzene rings is 1. The number of primary amides is 1. The zero-order valence-electron chi connectivity index (χ0n) is 11.6. The van der Waals surface area contributed by atoms with Gasteiger partial charge in [0.25, 0.3) is 0 Å². The first kappa shape index (κ1) is 15.7. The molecular weight excluding hydrogens is 256 g/mol. The molecule has 0 bridgehead atoms. The van der Waals surface area contributed by atoms with E-state index in [2.05, 4.69) is 10.6 Å². The fourth-order valence-electron chi connectivity index (χ4n) is 1.53. The Morgan fingerprint density at radius 1 is 1.45 bits per heavy atom. The zero-order valence-corrected chi connectivity index (χ0v) is 11.6. The Balaban J connectivity index is 2.60. The third-order valence-corrected chi connectivity index (χ3v) is 3.17. The fourth-order valence-corrected chi connectivity index (χ4v) is 1.53. The van der Waals surface area contributed by atoms with E-state index in [4.69, 9.17) is 11.0 Å². The van der Waals surface area contributed by atoms with Crippen molar-refractivity contribution in [2.45, 2.75) is 25.8 Å². The summed E-state index contributed by atoms with van der Waals surface area (Å²) in [5, 5.41) is 14.3. The van der Waals surface area contributed by atoms with Crippen LogP contribution in [0.1, 0.15) is 25.8 Å². The van der Waals surface area contributed by atoms with Crippen LogP contribution in [0.3, 0.4) is 0 Å².